The largest absolute Gasteiger partial charge is 0.493 e. The van der Waals surface area contributed by atoms with Gasteiger partial charge in [-0.05, 0) is 43.0 Å². The highest BCUT2D eigenvalue weighted by molar-refractivity contribution is 7.09. The van der Waals surface area contributed by atoms with Gasteiger partial charge in [-0.15, -0.1) is 11.3 Å². The number of nitrogens with one attached hydrogen (secondary N) is 1. The molecule has 0 saturated carbocycles. The van der Waals surface area contributed by atoms with Gasteiger partial charge in [0.1, 0.15) is 5.75 Å². The molecule has 0 saturated heterocycles. The molecular formula is C23H26N2O2S. The van der Waals surface area contributed by atoms with Crippen molar-refractivity contribution in [1.82, 2.24) is 10.3 Å². The van der Waals surface area contributed by atoms with Gasteiger partial charge in [-0.25, -0.2) is 4.98 Å². The van der Waals surface area contributed by atoms with Crippen LogP contribution in [0.5, 0.6) is 5.75 Å². The normalized spacial score (nSPS) is 10.6. The van der Waals surface area contributed by atoms with Gasteiger partial charge in [-0.2, -0.15) is 0 Å². The Morgan fingerprint density at radius 3 is 2.43 bits per heavy atom. The molecule has 0 aliphatic carbocycles. The van der Waals surface area contributed by atoms with E-state index in [1.807, 2.05) is 19.1 Å². The maximum absolute atomic E-state index is 12.0. The number of thiazole rings is 1. The van der Waals surface area contributed by atoms with Crippen molar-refractivity contribution in [2.24, 2.45) is 0 Å². The average Bonchev–Trinajstić information content (AvgIpc) is 3.15. The monoisotopic (exact) mass is 394 g/mol. The van der Waals surface area contributed by atoms with Crippen LogP contribution in [0.2, 0.25) is 0 Å². The minimum absolute atomic E-state index is 0.0137. The van der Waals surface area contributed by atoms with Crippen LogP contribution in [0.1, 0.15) is 29.5 Å². The van der Waals surface area contributed by atoms with E-state index in [4.69, 9.17) is 4.74 Å². The first-order valence-electron chi connectivity index (χ1n) is 9.64. The fraction of sp³-hybridized carbons (Fsp3) is 0.304. The van der Waals surface area contributed by atoms with Crippen molar-refractivity contribution < 1.29 is 9.53 Å². The van der Waals surface area contributed by atoms with Crippen LogP contribution in [-0.2, 0) is 17.6 Å². The van der Waals surface area contributed by atoms with Crippen molar-refractivity contribution in [3.8, 4) is 17.0 Å². The molecular weight excluding hydrogens is 368 g/mol. The second-order valence-corrected chi connectivity index (χ2v) is 7.71. The summed E-state index contributed by atoms with van der Waals surface area (Å²) in [4.78, 5) is 16.5. The summed E-state index contributed by atoms with van der Waals surface area (Å²) in [6, 6.07) is 16.4. The first-order valence-corrected chi connectivity index (χ1v) is 10.5. The molecule has 0 fully saturated rings. The lowest BCUT2D eigenvalue weighted by atomic mass is 10.1. The van der Waals surface area contributed by atoms with E-state index in [0.717, 1.165) is 34.9 Å². The topological polar surface area (TPSA) is 51.2 Å². The zero-order chi connectivity index (χ0) is 19.8. The lowest BCUT2D eigenvalue weighted by molar-refractivity contribution is -0.121. The summed E-state index contributed by atoms with van der Waals surface area (Å²) in [5.74, 6) is 0.820. The summed E-state index contributed by atoms with van der Waals surface area (Å²) in [6.45, 7) is 5.15. The molecule has 1 N–H and O–H groups in total. The summed E-state index contributed by atoms with van der Waals surface area (Å²) in [7, 11) is 0. The van der Waals surface area contributed by atoms with Crippen LogP contribution in [0.3, 0.4) is 0 Å². The van der Waals surface area contributed by atoms with Gasteiger partial charge in [0.2, 0.25) is 5.91 Å². The SMILES string of the molecule is CCc1ccc(OCCC(=O)NCCc2ccc(-c3csc(C)n3)cc2)cc1. The molecule has 0 spiro atoms. The van der Waals surface area contributed by atoms with E-state index in [1.54, 1.807) is 11.3 Å². The van der Waals surface area contributed by atoms with Crippen LogP contribution in [-0.4, -0.2) is 24.0 Å². The summed E-state index contributed by atoms with van der Waals surface area (Å²) >= 11 is 1.66. The Labute approximate surface area is 170 Å². The average molecular weight is 395 g/mol. The molecule has 3 aromatic rings. The molecule has 28 heavy (non-hydrogen) atoms. The minimum atomic E-state index is 0.0137. The van der Waals surface area contributed by atoms with Crippen molar-refractivity contribution in [1.29, 1.82) is 0 Å². The van der Waals surface area contributed by atoms with E-state index >= 15 is 0 Å². The molecule has 4 nitrogen and oxygen atoms in total. The fourth-order valence-corrected chi connectivity index (χ4v) is 3.48. The molecule has 5 heteroatoms. The van der Waals surface area contributed by atoms with Gasteiger partial charge >= 0.3 is 0 Å². The van der Waals surface area contributed by atoms with Gasteiger partial charge in [-0.3, -0.25) is 4.79 Å². The van der Waals surface area contributed by atoms with Crippen LogP contribution in [0, 0.1) is 6.92 Å². The number of amides is 1. The molecule has 0 aliphatic heterocycles. The Morgan fingerprint density at radius 2 is 1.79 bits per heavy atom. The third-order valence-electron chi connectivity index (χ3n) is 4.53. The Bertz CT molecular complexity index is 886. The zero-order valence-corrected chi connectivity index (χ0v) is 17.2. The van der Waals surface area contributed by atoms with Gasteiger partial charge in [0.15, 0.2) is 0 Å². The molecule has 0 aliphatic rings. The third kappa shape index (κ3) is 5.92. The molecule has 0 atom stereocenters. The van der Waals surface area contributed by atoms with Gasteiger partial charge in [0, 0.05) is 17.5 Å². The van der Waals surface area contributed by atoms with Crippen molar-refractivity contribution in [2.45, 2.75) is 33.1 Å². The van der Waals surface area contributed by atoms with Crippen LogP contribution in [0.15, 0.2) is 53.9 Å². The second kappa shape index (κ2) is 10.0. The van der Waals surface area contributed by atoms with E-state index in [-0.39, 0.29) is 5.91 Å². The van der Waals surface area contributed by atoms with Crippen molar-refractivity contribution in [3.05, 3.63) is 70.0 Å². The molecule has 146 valence electrons. The Balaban J connectivity index is 1.35. The molecule has 2 aromatic carbocycles. The number of carbonyl (C=O) groups excluding carboxylic acids is 1. The second-order valence-electron chi connectivity index (χ2n) is 6.64. The number of ether oxygens (including phenoxy) is 1. The quantitative estimate of drug-likeness (QED) is 0.567. The van der Waals surface area contributed by atoms with Crippen molar-refractivity contribution in [2.75, 3.05) is 13.2 Å². The maximum Gasteiger partial charge on any atom is 0.223 e. The van der Waals surface area contributed by atoms with Crippen molar-refractivity contribution >= 4 is 17.2 Å². The van der Waals surface area contributed by atoms with Gasteiger partial charge < -0.3 is 10.1 Å². The fourth-order valence-electron chi connectivity index (χ4n) is 2.86. The molecule has 0 unspecified atom stereocenters. The van der Waals surface area contributed by atoms with Gasteiger partial charge in [0.25, 0.3) is 0 Å². The van der Waals surface area contributed by atoms with Gasteiger partial charge in [0.05, 0.1) is 23.7 Å². The highest BCUT2D eigenvalue weighted by atomic mass is 32.1. The number of carbonyl (C=O) groups is 1. The van der Waals surface area contributed by atoms with E-state index in [1.165, 1.54) is 11.1 Å². The summed E-state index contributed by atoms with van der Waals surface area (Å²) in [5, 5.41) is 6.10. The maximum atomic E-state index is 12.0. The number of hydrogen-bond donors (Lipinski definition) is 1. The number of rotatable bonds is 9. The summed E-state index contributed by atoms with van der Waals surface area (Å²) < 4.78 is 5.63. The lowest BCUT2D eigenvalue weighted by Crippen LogP contribution is -2.27. The highest BCUT2D eigenvalue weighted by Crippen LogP contribution is 2.21. The summed E-state index contributed by atoms with van der Waals surface area (Å²) in [5.41, 5.74) is 4.62. The number of benzene rings is 2. The minimum Gasteiger partial charge on any atom is -0.493 e. The zero-order valence-electron chi connectivity index (χ0n) is 16.4. The highest BCUT2D eigenvalue weighted by Gasteiger charge is 2.04. The smallest absolute Gasteiger partial charge is 0.223 e. The first kappa shape index (κ1) is 20.1. The molecule has 0 bridgehead atoms. The Hall–Kier alpha value is -2.66. The predicted octanol–water partition coefficient (Wildman–Crippen LogP) is 4.81. The molecule has 3 rings (SSSR count). The standard InChI is InChI=1S/C23H26N2O2S/c1-3-18-6-10-21(11-7-18)27-15-13-23(26)24-14-12-19-4-8-20(9-5-19)22-16-28-17(2)25-22/h4-11,16H,3,12-15H2,1-2H3,(H,24,26). The van der Waals surface area contributed by atoms with Crippen LogP contribution in [0.4, 0.5) is 0 Å². The van der Waals surface area contributed by atoms with Gasteiger partial charge in [-0.1, -0.05) is 43.3 Å². The number of hydrogen-bond acceptors (Lipinski definition) is 4. The van der Waals surface area contributed by atoms with Crippen LogP contribution in [0.25, 0.3) is 11.3 Å². The molecule has 1 aromatic heterocycles. The number of aryl methyl sites for hydroxylation is 2. The lowest BCUT2D eigenvalue weighted by Gasteiger charge is -2.08. The summed E-state index contributed by atoms with van der Waals surface area (Å²) in [6.07, 6.45) is 2.18. The molecule has 1 amide bonds. The van der Waals surface area contributed by atoms with Crippen molar-refractivity contribution in [3.63, 3.8) is 0 Å². The van der Waals surface area contributed by atoms with Crippen LogP contribution < -0.4 is 10.1 Å². The number of nitrogens with zero attached hydrogens (tertiary/aromatic N) is 1. The predicted molar refractivity (Wildman–Crippen MR) is 115 cm³/mol. The van der Waals surface area contributed by atoms with E-state index in [9.17, 15) is 4.79 Å². The Kier molecular flexibility index (Phi) is 7.20. The van der Waals surface area contributed by atoms with E-state index in [0.29, 0.717) is 19.6 Å². The Morgan fingerprint density at radius 1 is 1.07 bits per heavy atom. The van der Waals surface area contributed by atoms with Crippen LogP contribution >= 0.6 is 11.3 Å². The molecule has 0 radical (unpaired) electrons. The van der Waals surface area contributed by atoms with E-state index < -0.39 is 0 Å². The number of aromatic nitrogens is 1. The molecule has 1 heterocycles. The van der Waals surface area contributed by atoms with E-state index in [2.05, 4.69) is 59.0 Å². The third-order valence-corrected chi connectivity index (χ3v) is 5.31. The first-order chi connectivity index (χ1) is 13.6.